The molecule has 3 aromatic rings. The van der Waals surface area contributed by atoms with Crippen LogP contribution in [0.1, 0.15) is 16.9 Å². The van der Waals surface area contributed by atoms with Gasteiger partial charge in [0.1, 0.15) is 18.1 Å². The van der Waals surface area contributed by atoms with E-state index in [1.807, 2.05) is 17.5 Å². The van der Waals surface area contributed by atoms with Gasteiger partial charge in [-0.15, -0.1) is 11.3 Å². The Kier molecular flexibility index (Phi) is 10.1. The normalized spacial score (nSPS) is 10.6. The summed E-state index contributed by atoms with van der Waals surface area (Å²) < 4.78 is 23.7. The summed E-state index contributed by atoms with van der Waals surface area (Å²) in [6.07, 6.45) is 0.586. The molecule has 0 aliphatic carbocycles. The van der Waals surface area contributed by atoms with Crippen molar-refractivity contribution >= 4 is 29.0 Å². The number of nitrogens with zero attached hydrogens (tertiary/aromatic N) is 2. The maximum atomic E-state index is 13.4. The van der Waals surface area contributed by atoms with E-state index in [9.17, 15) is 14.0 Å². The van der Waals surface area contributed by atoms with Crippen molar-refractivity contribution < 1.29 is 23.5 Å². The number of nitrogens with one attached hydrogen (secondary N) is 1. The van der Waals surface area contributed by atoms with Crippen molar-refractivity contribution in [2.45, 2.75) is 19.5 Å². The lowest BCUT2D eigenvalue weighted by atomic mass is 10.2. The molecule has 0 spiro atoms. The van der Waals surface area contributed by atoms with Crippen molar-refractivity contribution in [3.05, 3.63) is 82.3 Å². The monoisotopic (exact) mass is 499 g/mol. The minimum Gasteiger partial charge on any atom is -0.497 e. The second kappa shape index (κ2) is 13.5. The van der Waals surface area contributed by atoms with Crippen LogP contribution in [-0.4, -0.2) is 55.7 Å². The molecule has 0 fully saturated rings. The largest absolute Gasteiger partial charge is 0.497 e. The third kappa shape index (κ3) is 8.38. The van der Waals surface area contributed by atoms with Gasteiger partial charge in [-0.25, -0.2) is 9.18 Å². The summed E-state index contributed by atoms with van der Waals surface area (Å²) in [6.45, 7) is 1.43. The average Bonchev–Trinajstić information content (AvgIpc) is 3.38. The van der Waals surface area contributed by atoms with Crippen molar-refractivity contribution in [2.24, 2.45) is 0 Å². The van der Waals surface area contributed by atoms with Crippen LogP contribution < -0.4 is 10.1 Å². The standard InChI is InChI=1S/C26H30FN3O4S/c1-33-15-4-14-29(26(32)28-22-10-12-23(34-2)13-11-22)19-25(31)30(18-24-5-3-16-35-24)17-20-6-8-21(27)9-7-20/h3,5-13,16H,4,14-15,17-19H2,1-2H3,(H,28,32). The quantitative estimate of drug-likeness (QED) is 0.356. The summed E-state index contributed by atoms with van der Waals surface area (Å²) in [4.78, 5) is 30.7. The Labute approximate surface area is 209 Å². The van der Waals surface area contributed by atoms with Gasteiger partial charge in [0, 0.05) is 37.4 Å². The molecule has 0 atom stereocenters. The highest BCUT2D eigenvalue weighted by atomic mass is 32.1. The van der Waals surface area contributed by atoms with Gasteiger partial charge >= 0.3 is 6.03 Å². The molecule has 0 saturated heterocycles. The second-order valence-corrected chi connectivity index (χ2v) is 8.91. The van der Waals surface area contributed by atoms with E-state index in [1.54, 1.807) is 66.9 Å². The van der Waals surface area contributed by atoms with E-state index >= 15 is 0 Å². The number of carbonyl (C=O) groups excluding carboxylic acids is 2. The zero-order valence-electron chi connectivity index (χ0n) is 19.9. The van der Waals surface area contributed by atoms with Gasteiger partial charge in [-0.05, 0) is 59.8 Å². The number of thiophene rings is 1. The van der Waals surface area contributed by atoms with Crippen LogP contribution in [0.4, 0.5) is 14.9 Å². The third-order valence-corrected chi connectivity index (χ3v) is 6.16. The Morgan fingerprint density at radius 2 is 1.71 bits per heavy atom. The molecule has 0 saturated carbocycles. The molecule has 1 heterocycles. The van der Waals surface area contributed by atoms with Crippen LogP contribution in [0.5, 0.6) is 5.75 Å². The molecule has 9 heteroatoms. The maximum Gasteiger partial charge on any atom is 0.322 e. The smallest absolute Gasteiger partial charge is 0.322 e. The van der Waals surface area contributed by atoms with Crippen molar-refractivity contribution in [2.75, 3.05) is 39.2 Å². The number of hydrogen-bond acceptors (Lipinski definition) is 5. The van der Waals surface area contributed by atoms with Crippen LogP contribution in [0.2, 0.25) is 0 Å². The molecule has 3 amide bonds. The Balaban J connectivity index is 1.73. The number of amides is 3. The first kappa shape index (κ1) is 26.2. The Morgan fingerprint density at radius 3 is 2.34 bits per heavy atom. The highest BCUT2D eigenvalue weighted by Crippen LogP contribution is 2.17. The number of anilines is 1. The number of rotatable bonds is 12. The van der Waals surface area contributed by atoms with Gasteiger partial charge in [0.2, 0.25) is 5.91 Å². The van der Waals surface area contributed by atoms with Gasteiger partial charge in [-0.2, -0.15) is 0 Å². The summed E-state index contributed by atoms with van der Waals surface area (Å²) >= 11 is 1.55. The number of benzene rings is 2. The number of carbonyl (C=O) groups is 2. The fourth-order valence-corrected chi connectivity index (χ4v) is 4.14. The summed E-state index contributed by atoms with van der Waals surface area (Å²) in [5.74, 6) is 0.148. The van der Waals surface area contributed by atoms with Crippen LogP contribution in [0.25, 0.3) is 0 Å². The molecule has 2 aromatic carbocycles. The van der Waals surface area contributed by atoms with E-state index in [1.165, 1.54) is 17.0 Å². The molecule has 0 bridgehead atoms. The minimum absolute atomic E-state index is 0.0989. The zero-order chi connectivity index (χ0) is 25.0. The van der Waals surface area contributed by atoms with Gasteiger partial charge in [-0.1, -0.05) is 18.2 Å². The number of halogens is 1. The van der Waals surface area contributed by atoms with Crippen LogP contribution in [0.15, 0.2) is 66.0 Å². The molecule has 0 aliphatic heterocycles. The summed E-state index contributed by atoms with van der Waals surface area (Å²) in [7, 11) is 3.17. The summed E-state index contributed by atoms with van der Waals surface area (Å²) in [5, 5.41) is 4.80. The average molecular weight is 500 g/mol. The number of methoxy groups -OCH3 is 2. The molecule has 0 aliphatic rings. The molecule has 7 nitrogen and oxygen atoms in total. The molecule has 1 N–H and O–H groups in total. The topological polar surface area (TPSA) is 71.1 Å². The first-order valence-corrected chi connectivity index (χ1v) is 12.1. The molecule has 3 rings (SSSR count). The zero-order valence-corrected chi connectivity index (χ0v) is 20.7. The molecule has 186 valence electrons. The van der Waals surface area contributed by atoms with E-state index in [0.29, 0.717) is 44.1 Å². The Morgan fingerprint density at radius 1 is 0.971 bits per heavy atom. The number of urea groups is 1. The van der Waals surface area contributed by atoms with Crippen molar-refractivity contribution in [1.82, 2.24) is 9.80 Å². The molecular formula is C26H30FN3O4S. The molecular weight excluding hydrogens is 469 g/mol. The molecule has 1 aromatic heterocycles. The van der Waals surface area contributed by atoms with Crippen LogP contribution >= 0.6 is 11.3 Å². The lowest BCUT2D eigenvalue weighted by molar-refractivity contribution is -0.133. The predicted octanol–water partition coefficient (Wildman–Crippen LogP) is 5.00. The van der Waals surface area contributed by atoms with Gasteiger partial charge in [-0.3, -0.25) is 4.79 Å². The summed E-state index contributed by atoms with van der Waals surface area (Å²) in [6, 6.07) is 16.6. The lowest BCUT2D eigenvalue weighted by Gasteiger charge is -2.28. The molecule has 35 heavy (non-hydrogen) atoms. The number of hydrogen-bond donors (Lipinski definition) is 1. The minimum atomic E-state index is -0.377. The maximum absolute atomic E-state index is 13.4. The lowest BCUT2D eigenvalue weighted by Crippen LogP contribution is -2.44. The van der Waals surface area contributed by atoms with Crippen LogP contribution in [-0.2, 0) is 22.6 Å². The van der Waals surface area contributed by atoms with Crippen molar-refractivity contribution in [3.8, 4) is 5.75 Å². The van der Waals surface area contributed by atoms with Gasteiger partial charge in [0.05, 0.1) is 13.7 Å². The third-order valence-electron chi connectivity index (χ3n) is 5.30. The predicted molar refractivity (Wildman–Crippen MR) is 135 cm³/mol. The van der Waals surface area contributed by atoms with Gasteiger partial charge in [0.15, 0.2) is 0 Å². The summed E-state index contributed by atoms with van der Waals surface area (Å²) in [5.41, 5.74) is 1.41. The molecule has 0 unspecified atom stereocenters. The first-order valence-electron chi connectivity index (χ1n) is 11.2. The SMILES string of the molecule is COCCCN(CC(=O)N(Cc1ccc(F)cc1)Cc1cccs1)C(=O)Nc1ccc(OC)cc1. The Hall–Kier alpha value is -3.43. The van der Waals surface area contributed by atoms with E-state index in [-0.39, 0.29) is 24.3 Å². The molecule has 0 radical (unpaired) electrons. The number of ether oxygens (including phenoxy) is 2. The highest BCUT2D eigenvalue weighted by Gasteiger charge is 2.22. The first-order chi connectivity index (χ1) is 17.0. The van der Waals surface area contributed by atoms with E-state index in [0.717, 1.165) is 10.4 Å². The van der Waals surface area contributed by atoms with E-state index in [4.69, 9.17) is 9.47 Å². The highest BCUT2D eigenvalue weighted by molar-refractivity contribution is 7.09. The van der Waals surface area contributed by atoms with E-state index < -0.39 is 0 Å². The van der Waals surface area contributed by atoms with Crippen molar-refractivity contribution in [3.63, 3.8) is 0 Å². The fourth-order valence-electron chi connectivity index (χ4n) is 3.43. The second-order valence-electron chi connectivity index (χ2n) is 7.88. The van der Waals surface area contributed by atoms with Crippen LogP contribution in [0, 0.1) is 5.82 Å². The van der Waals surface area contributed by atoms with Gasteiger partial charge < -0.3 is 24.6 Å². The van der Waals surface area contributed by atoms with Gasteiger partial charge in [0.25, 0.3) is 0 Å². The van der Waals surface area contributed by atoms with Crippen molar-refractivity contribution in [1.29, 1.82) is 0 Å². The Bertz CT molecular complexity index is 1060. The van der Waals surface area contributed by atoms with E-state index in [2.05, 4.69) is 5.32 Å². The fraction of sp³-hybridized carbons (Fsp3) is 0.308. The van der Waals surface area contributed by atoms with Crippen LogP contribution in [0.3, 0.4) is 0 Å².